The van der Waals surface area contributed by atoms with Crippen LogP contribution in [0.5, 0.6) is 11.5 Å². The Morgan fingerprint density at radius 3 is 1.29 bits per heavy atom. The van der Waals surface area contributed by atoms with Crippen molar-refractivity contribution in [2.45, 2.75) is 23.9 Å². The molecule has 6 rings (SSSR count). The number of benzene rings is 4. The third kappa shape index (κ3) is 6.66. The summed E-state index contributed by atoms with van der Waals surface area (Å²) in [6.45, 7) is 2.64. The second-order valence-electron chi connectivity index (χ2n) is 10.8. The number of aryl methyl sites for hydroxylation is 2. The van der Waals surface area contributed by atoms with E-state index < -0.39 is 11.9 Å². The standard InChI is InChI=1S/C36H30N4O6S2/c1-21(41)45-25-15-17-29-27(19-25)31(33(43)37-23-11-7-5-8-12-23)35(39(29)3)47-48-36-32(34(44)38-24-13-9-6-10-14-24)28-20-26(46-22(2)42)16-18-30(28)40(36)4/h5-20H,1-4H3,(H,37,43)(H,38,44). The Kier molecular flexibility index (Phi) is 9.28. The molecule has 0 aliphatic rings. The highest BCUT2D eigenvalue weighted by Crippen LogP contribution is 2.46. The molecule has 48 heavy (non-hydrogen) atoms. The van der Waals surface area contributed by atoms with Gasteiger partial charge in [0.1, 0.15) is 11.5 Å². The molecular formula is C36H30N4O6S2. The number of para-hydroxylation sites is 2. The van der Waals surface area contributed by atoms with Gasteiger partial charge in [-0.3, -0.25) is 19.2 Å². The molecule has 2 N–H and O–H groups in total. The predicted octanol–water partition coefficient (Wildman–Crippen LogP) is 7.82. The molecule has 0 aliphatic carbocycles. The van der Waals surface area contributed by atoms with E-state index in [-0.39, 0.29) is 11.8 Å². The summed E-state index contributed by atoms with van der Waals surface area (Å²) in [5.74, 6) is -1.01. The molecule has 0 saturated heterocycles. The zero-order valence-electron chi connectivity index (χ0n) is 26.4. The Hall–Kier alpha value is -5.46. The summed E-state index contributed by atoms with van der Waals surface area (Å²) < 4.78 is 14.5. The Labute approximate surface area is 283 Å². The fourth-order valence-corrected chi connectivity index (χ4v) is 8.20. The van der Waals surface area contributed by atoms with Crippen LogP contribution < -0.4 is 20.1 Å². The molecule has 0 unspecified atom stereocenters. The van der Waals surface area contributed by atoms with Crippen molar-refractivity contribution in [1.29, 1.82) is 0 Å². The lowest BCUT2D eigenvalue weighted by atomic mass is 10.1. The first-order valence-corrected chi connectivity index (χ1v) is 16.9. The highest BCUT2D eigenvalue weighted by molar-refractivity contribution is 8.76. The van der Waals surface area contributed by atoms with E-state index in [1.165, 1.54) is 35.4 Å². The molecule has 0 radical (unpaired) electrons. The molecule has 0 fully saturated rings. The van der Waals surface area contributed by atoms with Gasteiger partial charge < -0.3 is 29.2 Å². The fourth-order valence-electron chi connectivity index (χ4n) is 5.40. The number of carbonyl (C=O) groups excluding carboxylic acids is 4. The number of ether oxygens (including phenoxy) is 2. The van der Waals surface area contributed by atoms with Gasteiger partial charge in [-0.1, -0.05) is 36.4 Å². The number of carbonyl (C=O) groups is 4. The molecule has 6 aromatic rings. The lowest BCUT2D eigenvalue weighted by Crippen LogP contribution is -2.13. The fraction of sp³-hybridized carbons (Fsp3) is 0.111. The van der Waals surface area contributed by atoms with Crippen molar-refractivity contribution in [3.63, 3.8) is 0 Å². The number of esters is 2. The van der Waals surface area contributed by atoms with Crippen LogP contribution in [0.2, 0.25) is 0 Å². The van der Waals surface area contributed by atoms with Gasteiger partial charge in [-0.15, -0.1) is 0 Å². The molecule has 0 bridgehead atoms. The van der Waals surface area contributed by atoms with Gasteiger partial charge >= 0.3 is 11.9 Å². The molecule has 0 atom stereocenters. The molecule has 0 saturated carbocycles. The van der Waals surface area contributed by atoms with Crippen molar-refractivity contribution in [3.8, 4) is 11.5 Å². The third-order valence-electron chi connectivity index (χ3n) is 7.47. The van der Waals surface area contributed by atoms with E-state index in [1.54, 1.807) is 60.7 Å². The number of anilines is 2. The van der Waals surface area contributed by atoms with E-state index in [0.29, 0.717) is 54.8 Å². The molecule has 10 nitrogen and oxygen atoms in total. The number of aromatic nitrogens is 2. The molecule has 4 aromatic carbocycles. The smallest absolute Gasteiger partial charge is 0.308 e. The monoisotopic (exact) mass is 678 g/mol. The molecule has 2 aromatic heterocycles. The van der Waals surface area contributed by atoms with Crippen LogP contribution in [0.25, 0.3) is 21.8 Å². The van der Waals surface area contributed by atoms with E-state index in [2.05, 4.69) is 10.6 Å². The molecule has 2 heterocycles. The number of rotatable bonds is 9. The number of hydrogen-bond donors (Lipinski definition) is 2. The first-order chi connectivity index (χ1) is 23.1. The Morgan fingerprint density at radius 2 is 0.938 bits per heavy atom. The maximum atomic E-state index is 14.0. The van der Waals surface area contributed by atoms with Crippen LogP contribution in [0, 0.1) is 0 Å². The van der Waals surface area contributed by atoms with Crippen LogP contribution in [0.3, 0.4) is 0 Å². The lowest BCUT2D eigenvalue weighted by Gasteiger charge is -2.11. The molecule has 12 heteroatoms. The van der Waals surface area contributed by atoms with E-state index in [0.717, 1.165) is 11.0 Å². The second-order valence-corrected chi connectivity index (χ2v) is 12.9. The highest BCUT2D eigenvalue weighted by atomic mass is 33.1. The number of nitrogens with zero attached hydrogens (tertiary/aromatic N) is 2. The van der Waals surface area contributed by atoms with Crippen molar-refractivity contribution in [3.05, 3.63) is 108 Å². The summed E-state index contributed by atoms with van der Waals surface area (Å²) in [6, 6.07) is 28.6. The maximum Gasteiger partial charge on any atom is 0.308 e. The minimum absolute atomic E-state index is 0.315. The van der Waals surface area contributed by atoms with Crippen LogP contribution in [0.1, 0.15) is 34.6 Å². The lowest BCUT2D eigenvalue weighted by molar-refractivity contribution is -0.132. The van der Waals surface area contributed by atoms with Crippen LogP contribution in [0.4, 0.5) is 11.4 Å². The normalized spacial score (nSPS) is 11.0. The zero-order valence-corrected chi connectivity index (χ0v) is 28.0. The van der Waals surface area contributed by atoms with Gasteiger partial charge in [-0.2, -0.15) is 0 Å². The summed E-state index contributed by atoms with van der Waals surface area (Å²) in [6.07, 6.45) is 0. The highest BCUT2D eigenvalue weighted by Gasteiger charge is 2.27. The number of fused-ring (bicyclic) bond motifs is 2. The summed E-state index contributed by atoms with van der Waals surface area (Å²) in [5.41, 5.74) is 3.51. The Balaban J connectivity index is 1.45. The Bertz CT molecular complexity index is 2050. The van der Waals surface area contributed by atoms with Crippen LogP contribution in [0.15, 0.2) is 107 Å². The number of amides is 2. The van der Waals surface area contributed by atoms with Gasteiger partial charge in [0.25, 0.3) is 11.8 Å². The van der Waals surface area contributed by atoms with Crippen LogP contribution >= 0.6 is 21.6 Å². The van der Waals surface area contributed by atoms with Crippen molar-refractivity contribution in [2.24, 2.45) is 14.1 Å². The van der Waals surface area contributed by atoms with Crippen molar-refractivity contribution in [2.75, 3.05) is 10.6 Å². The van der Waals surface area contributed by atoms with Gasteiger partial charge in [0.2, 0.25) is 0 Å². The second kappa shape index (κ2) is 13.7. The maximum absolute atomic E-state index is 14.0. The average Bonchev–Trinajstić information content (AvgIpc) is 3.49. The van der Waals surface area contributed by atoms with E-state index in [1.807, 2.05) is 59.6 Å². The molecule has 0 aliphatic heterocycles. The Morgan fingerprint density at radius 1 is 0.562 bits per heavy atom. The summed E-state index contributed by atoms with van der Waals surface area (Å²) in [5, 5.41) is 8.38. The van der Waals surface area contributed by atoms with E-state index in [4.69, 9.17) is 9.47 Å². The van der Waals surface area contributed by atoms with Crippen LogP contribution in [-0.4, -0.2) is 32.9 Å². The van der Waals surface area contributed by atoms with Crippen LogP contribution in [-0.2, 0) is 23.7 Å². The first-order valence-electron chi connectivity index (χ1n) is 14.8. The van der Waals surface area contributed by atoms with Crippen molar-refractivity contribution < 1.29 is 28.7 Å². The molecule has 2 amide bonds. The van der Waals surface area contributed by atoms with Crippen molar-refractivity contribution >= 4 is 78.5 Å². The largest absolute Gasteiger partial charge is 0.427 e. The van der Waals surface area contributed by atoms with Crippen molar-refractivity contribution in [1.82, 2.24) is 9.13 Å². The summed E-state index contributed by atoms with van der Waals surface area (Å²) in [4.78, 5) is 51.4. The van der Waals surface area contributed by atoms with E-state index >= 15 is 0 Å². The van der Waals surface area contributed by atoms with Gasteiger partial charge in [0, 0.05) is 61.1 Å². The topological polar surface area (TPSA) is 121 Å². The summed E-state index contributed by atoms with van der Waals surface area (Å²) in [7, 11) is 6.34. The first kappa shape index (κ1) is 32.5. The number of nitrogens with one attached hydrogen (secondary N) is 2. The minimum Gasteiger partial charge on any atom is -0.427 e. The number of hydrogen-bond acceptors (Lipinski definition) is 8. The molecular weight excluding hydrogens is 649 g/mol. The van der Waals surface area contributed by atoms with Gasteiger partial charge in [0.05, 0.1) is 21.2 Å². The SMILES string of the molecule is CC(=O)Oc1ccc2c(c1)c(C(=O)Nc1ccccc1)c(SSc1c(C(=O)Nc3ccccc3)c3cc(OC(C)=O)ccc3n1C)n2C. The van der Waals surface area contributed by atoms with E-state index in [9.17, 15) is 19.2 Å². The third-order valence-corrected chi connectivity index (χ3v) is 10.0. The van der Waals surface area contributed by atoms with Gasteiger partial charge in [-0.25, -0.2) is 0 Å². The zero-order chi connectivity index (χ0) is 33.9. The minimum atomic E-state index is -0.473. The predicted molar refractivity (Wildman–Crippen MR) is 189 cm³/mol. The quantitative estimate of drug-likeness (QED) is 0.0902. The molecule has 0 spiro atoms. The average molecular weight is 679 g/mol. The van der Waals surface area contributed by atoms with Gasteiger partial charge in [0.15, 0.2) is 0 Å². The molecule has 242 valence electrons. The van der Waals surface area contributed by atoms with Gasteiger partial charge in [-0.05, 0) is 82.3 Å². The summed E-state index contributed by atoms with van der Waals surface area (Å²) >= 11 is 0.